The van der Waals surface area contributed by atoms with Gasteiger partial charge in [0.2, 0.25) is 0 Å². The lowest BCUT2D eigenvalue weighted by atomic mass is 9.92. The third-order valence-electron chi connectivity index (χ3n) is 4.15. The Hall–Kier alpha value is -2.29. The molecule has 2 aromatic carbocycles. The van der Waals surface area contributed by atoms with Crippen LogP contribution < -0.4 is 4.74 Å². The van der Waals surface area contributed by atoms with Gasteiger partial charge in [0.05, 0.1) is 17.5 Å². The number of fused-ring (bicyclic) bond motifs is 5. The number of ketones is 1. The fourth-order valence-electron chi connectivity index (χ4n) is 3.18. The first-order valence-electron chi connectivity index (χ1n) is 7.22. The lowest BCUT2D eigenvalue weighted by Crippen LogP contribution is -2.35. The summed E-state index contributed by atoms with van der Waals surface area (Å²) in [6.07, 6.45) is 0.421. The smallest absolute Gasteiger partial charge is 0.170 e. The van der Waals surface area contributed by atoms with Gasteiger partial charge in [-0.3, -0.25) is 4.79 Å². The molecule has 0 saturated heterocycles. The molecule has 3 nitrogen and oxygen atoms in total. The minimum atomic E-state index is -0.453. The Labute approximate surface area is 122 Å². The molecule has 3 heteroatoms. The molecule has 0 amide bonds. The summed E-state index contributed by atoms with van der Waals surface area (Å²) in [5.41, 5.74) is 3.45. The summed E-state index contributed by atoms with van der Waals surface area (Å²) >= 11 is 0. The highest BCUT2D eigenvalue weighted by Gasteiger charge is 2.34. The van der Waals surface area contributed by atoms with E-state index < -0.39 is 5.60 Å². The van der Waals surface area contributed by atoms with Crippen LogP contribution >= 0.6 is 0 Å². The van der Waals surface area contributed by atoms with Crippen LogP contribution in [0, 0.1) is 6.92 Å². The predicted molar refractivity (Wildman–Crippen MR) is 84.2 cm³/mol. The van der Waals surface area contributed by atoms with Crippen LogP contribution in [-0.4, -0.2) is 16.4 Å². The molecule has 3 aromatic rings. The van der Waals surface area contributed by atoms with Crippen LogP contribution in [0.15, 0.2) is 30.3 Å². The van der Waals surface area contributed by atoms with Crippen molar-refractivity contribution in [3.63, 3.8) is 0 Å². The van der Waals surface area contributed by atoms with Gasteiger partial charge in [-0.15, -0.1) is 0 Å². The van der Waals surface area contributed by atoms with E-state index in [1.54, 1.807) is 0 Å². The second-order valence-corrected chi connectivity index (χ2v) is 6.50. The average Bonchev–Trinajstić information content (AvgIpc) is 2.75. The van der Waals surface area contributed by atoms with E-state index >= 15 is 0 Å². The number of carbonyl (C=O) groups excluding carboxylic acids is 1. The molecule has 0 bridgehead atoms. The number of nitrogens with one attached hydrogen (secondary N) is 1. The number of benzene rings is 2. The van der Waals surface area contributed by atoms with Crippen molar-refractivity contribution >= 4 is 27.6 Å². The van der Waals surface area contributed by atoms with Crippen molar-refractivity contribution in [1.82, 2.24) is 4.98 Å². The number of rotatable bonds is 0. The topological polar surface area (TPSA) is 42.1 Å². The fraction of sp³-hybridized carbons (Fsp3) is 0.278. The summed E-state index contributed by atoms with van der Waals surface area (Å²) in [7, 11) is 0. The molecule has 1 N–H and O–H groups in total. The van der Waals surface area contributed by atoms with Crippen LogP contribution in [0.1, 0.15) is 36.2 Å². The van der Waals surface area contributed by atoms with Crippen molar-refractivity contribution in [3.05, 3.63) is 41.5 Å². The summed E-state index contributed by atoms with van der Waals surface area (Å²) in [6.45, 7) is 5.99. The van der Waals surface area contributed by atoms with Crippen molar-refractivity contribution in [2.24, 2.45) is 0 Å². The van der Waals surface area contributed by atoms with Gasteiger partial charge in [-0.25, -0.2) is 0 Å². The first kappa shape index (κ1) is 12.5. The number of carbonyl (C=O) groups is 1. The molecule has 0 radical (unpaired) electrons. The summed E-state index contributed by atoms with van der Waals surface area (Å²) in [5, 5.41) is 2.27. The van der Waals surface area contributed by atoms with Gasteiger partial charge in [0.1, 0.15) is 5.60 Å². The summed E-state index contributed by atoms with van der Waals surface area (Å²) < 4.78 is 6.11. The minimum absolute atomic E-state index is 0.151. The van der Waals surface area contributed by atoms with Gasteiger partial charge in [-0.2, -0.15) is 0 Å². The Kier molecular flexibility index (Phi) is 2.30. The van der Waals surface area contributed by atoms with Crippen LogP contribution in [-0.2, 0) is 0 Å². The van der Waals surface area contributed by atoms with Crippen LogP contribution in [0.5, 0.6) is 5.75 Å². The zero-order valence-corrected chi connectivity index (χ0v) is 12.4. The number of aromatic amines is 1. The second kappa shape index (κ2) is 3.88. The Bertz CT molecular complexity index is 902. The lowest BCUT2D eigenvalue weighted by molar-refractivity contribution is 0.0628. The molecule has 0 spiro atoms. The van der Waals surface area contributed by atoms with Gasteiger partial charge < -0.3 is 9.72 Å². The van der Waals surface area contributed by atoms with Gasteiger partial charge in [0, 0.05) is 16.3 Å². The van der Waals surface area contributed by atoms with Gasteiger partial charge in [0.15, 0.2) is 11.5 Å². The van der Waals surface area contributed by atoms with E-state index in [1.165, 1.54) is 5.56 Å². The van der Waals surface area contributed by atoms with E-state index in [0.717, 1.165) is 21.8 Å². The number of Topliss-reactive ketones (excluding diaryl/α,β-unsaturated/α-hetero) is 1. The third-order valence-corrected chi connectivity index (χ3v) is 4.15. The minimum Gasteiger partial charge on any atom is -0.484 e. The van der Waals surface area contributed by atoms with E-state index in [4.69, 9.17) is 4.74 Å². The number of hydrogen-bond donors (Lipinski definition) is 1. The molecule has 1 aromatic heterocycles. The van der Waals surface area contributed by atoms with E-state index in [0.29, 0.717) is 17.7 Å². The molecule has 1 aliphatic heterocycles. The van der Waals surface area contributed by atoms with Gasteiger partial charge in [-0.1, -0.05) is 18.2 Å². The van der Waals surface area contributed by atoms with E-state index in [1.807, 2.05) is 26.0 Å². The zero-order chi connectivity index (χ0) is 14.8. The van der Waals surface area contributed by atoms with Crippen molar-refractivity contribution in [2.45, 2.75) is 32.8 Å². The predicted octanol–water partition coefficient (Wildman–Crippen LogP) is 4.37. The molecule has 106 valence electrons. The van der Waals surface area contributed by atoms with Crippen LogP contribution in [0.2, 0.25) is 0 Å². The summed E-state index contributed by atoms with van der Waals surface area (Å²) in [6, 6.07) is 10.2. The Morgan fingerprint density at radius 1 is 1.14 bits per heavy atom. The van der Waals surface area contributed by atoms with Gasteiger partial charge >= 0.3 is 0 Å². The molecule has 0 aliphatic carbocycles. The number of aromatic nitrogens is 1. The number of hydrogen-bond acceptors (Lipinski definition) is 2. The number of ether oxygens (including phenoxy) is 1. The van der Waals surface area contributed by atoms with Crippen LogP contribution in [0.4, 0.5) is 0 Å². The van der Waals surface area contributed by atoms with E-state index in [-0.39, 0.29) is 5.78 Å². The average molecular weight is 279 g/mol. The molecule has 0 atom stereocenters. The largest absolute Gasteiger partial charge is 0.484 e. The van der Waals surface area contributed by atoms with E-state index in [2.05, 4.69) is 30.1 Å². The number of H-pyrrole nitrogens is 1. The van der Waals surface area contributed by atoms with Crippen molar-refractivity contribution in [3.8, 4) is 5.75 Å². The molecule has 2 heterocycles. The maximum Gasteiger partial charge on any atom is 0.170 e. The Balaban J connectivity index is 2.09. The van der Waals surface area contributed by atoms with Crippen molar-refractivity contribution in [2.75, 3.05) is 0 Å². The number of aryl methyl sites for hydroxylation is 1. The second-order valence-electron chi connectivity index (χ2n) is 6.50. The standard InChI is InChI=1S/C18H17NO2/c1-10-4-5-11-12-6-7-13-15(20)9-18(2,3)21-17(13)16(12)19-14(11)8-10/h4-8,19H,9H2,1-3H3. The first-order valence-corrected chi connectivity index (χ1v) is 7.22. The highest BCUT2D eigenvalue weighted by atomic mass is 16.5. The SMILES string of the molecule is Cc1ccc2c(c1)[nH]c1c3c(ccc12)C(=O)CC(C)(C)O3. The molecular formula is C18H17NO2. The molecular weight excluding hydrogens is 262 g/mol. The molecule has 1 aliphatic rings. The lowest BCUT2D eigenvalue weighted by Gasteiger charge is -2.31. The van der Waals surface area contributed by atoms with E-state index in [9.17, 15) is 4.79 Å². The van der Waals surface area contributed by atoms with Gasteiger partial charge in [-0.05, 0) is 38.5 Å². The van der Waals surface area contributed by atoms with Crippen molar-refractivity contribution in [1.29, 1.82) is 0 Å². The molecule has 4 rings (SSSR count). The maximum atomic E-state index is 12.3. The maximum absolute atomic E-state index is 12.3. The monoisotopic (exact) mass is 279 g/mol. The van der Waals surface area contributed by atoms with Crippen LogP contribution in [0.3, 0.4) is 0 Å². The Morgan fingerprint density at radius 2 is 1.90 bits per heavy atom. The zero-order valence-electron chi connectivity index (χ0n) is 12.4. The van der Waals surface area contributed by atoms with Crippen LogP contribution in [0.25, 0.3) is 21.8 Å². The van der Waals surface area contributed by atoms with Gasteiger partial charge in [0.25, 0.3) is 0 Å². The highest BCUT2D eigenvalue weighted by molar-refractivity contribution is 6.13. The molecule has 0 unspecified atom stereocenters. The Morgan fingerprint density at radius 3 is 2.71 bits per heavy atom. The fourth-order valence-corrected chi connectivity index (χ4v) is 3.18. The summed E-state index contributed by atoms with van der Waals surface area (Å²) in [5.74, 6) is 0.848. The highest BCUT2D eigenvalue weighted by Crippen LogP contribution is 2.40. The molecule has 0 fully saturated rings. The third kappa shape index (κ3) is 1.77. The molecule has 21 heavy (non-hydrogen) atoms. The summed E-state index contributed by atoms with van der Waals surface area (Å²) in [4.78, 5) is 15.7. The normalized spacial score (nSPS) is 17.0. The van der Waals surface area contributed by atoms with Crippen molar-refractivity contribution < 1.29 is 9.53 Å². The quantitative estimate of drug-likeness (QED) is 0.663. The first-order chi connectivity index (χ1) is 9.94. The molecule has 0 saturated carbocycles.